The number of H-pyrrole nitrogens is 1. The van der Waals surface area contributed by atoms with Gasteiger partial charge in [-0.05, 0) is 19.1 Å². The van der Waals surface area contributed by atoms with Crippen LogP contribution >= 0.6 is 0 Å². The van der Waals surface area contributed by atoms with Crippen molar-refractivity contribution in [2.75, 3.05) is 0 Å². The smallest absolute Gasteiger partial charge is 0.189 e. The molecule has 1 aromatic carbocycles. The van der Waals surface area contributed by atoms with Crippen LogP contribution in [-0.2, 0) is 0 Å². The highest BCUT2D eigenvalue weighted by atomic mass is 16.1. The molecular formula is C14H21NO. The van der Waals surface area contributed by atoms with Crippen LogP contribution in [0.4, 0.5) is 0 Å². The molecule has 2 nitrogen and oxygen atoms in total. The maximum absolute atomic E-state index is 11.4. The largest absolute Gasteiger partial charge is 0.358 e. The van der Waals surface area contributed by atoms with Crippen LogP contribution in [0, 0.1) is 6.92 Å². The summed E-state index contributed by atoms with van der Waals surface area (Å²) in [7, 11) is 0. The normalized spacial score (nSPS) is 8.56. The Morgan fingerprint density at radius 3 is 2.19 bits per heavy atom. The first-order valence-electron chi connectivity index (χ1n) is 5.86. The fraction of sp³-hybridized carbons (Fsp3) is 0.357. The lowest BCUT2D eigenvalue weighted by molar-refractivity contribution is 1.24. The van der Waals surface area contributed by atoms with E-state index < -0.39 is 0 Å². The van der Waals surface area contributed by atoms with Gasteiger partial charge < -0.3 is 4.98 Å². The van der Waals surface area contributed by atoms with Crippen LogP contribution in [0.25, 0.3) is 10.9 Å². The van der Waals surface area contributed by atoms with E-state index in [-0.39, 0.29) is 5.43 Å². The number of aromatic amines is 1. The highest BCUT2D eigenvalue weighted by Gasteiger charge is 1.96. The van der Waals surface area contributed by atoms with Gasteiger partial charge in [-0.15, -0.1) is 0 Å². The molecule has 0 aliphatic carbocycles. The van der Waals surface area contributed by atoms with Crippen molar-refractivity contribution in [1.29, 1.82) is 0 Å². The number of fused-ring (bicyclic) bond motifs is 1. The number of hydrogen-bond donors (Lipinski definition) is 1. The number of aryl methyl sites for hydroxylation is 1. The third kappa shape index (κ3) is 3.54. The average Bonchev–Trinajstić information content (AvgIpc) is 2.34. The molecular weight excluding hydrogens is 198 g/mol. The van der Waals surface area contributed by atoms with Gasteiger partial charge in [-0.2, -0.15) is 0 Å². The number of hydrogen-bond acceptors (Lipinski definition) is 1. The first kappa shape index (κ1) is 14.4. The van der Waals surface area contributed by atoms with Gasteiger partial charge in [-0.25, -0.2) is 0 Å². The molecule has 0 saturated heterocycles. The maximum atomic E-state index is 11.4. The molecule has 88 valence electrons. The van der Waals surface area contributed by atoms with Crippen molar-refractivity contribution < 1.29 is 0 Å². The van der Waals surface area contributed by atoms with Crippen molar-refractivity contribution in [3.63, 3.8) is 0 Å². The molecule has 0 saturated carbocycles. The van der Waals surface area contributed by atoms with Crippen molar-refractivity contribution in [2.24, 2.45) is 0 Å². The van der Waals surface area contributed by atoms with Crippen LogP contribution in [0.3, 0.4) is 0 Å². The van der Waals surface area contributed by atoms with E-state index in [1.54, 1.807) is 6.07 Å². The summed E-state index contributed by atoms with van der Waals surface area (Å²) in [5.74, 6) is 0. The molecule has 16 heavy (non-hydrogen) atoms. The fourth-order valence-electron chi connectivity index (χ4n) is 1.33. The second-order valence-corrected chi connectivity index (χ2v) is 2.86. The minimum absolute atomic E-state index is 0.0850. The molecule has 0 aliphatic rings. The molecule has 2 aromatic rings. The molecule has 1 heterocycles. The molecule has 0 fully saturated rings. The topological polar surface area (TPSA) is 32.9 Å². The van der Waals surface area contributed by atoms with Crippen LogP contribution in [0.15, 0.2) is 35.1 Å². The van der Waals surface area contributed by atoms with Gasteiger partial charge in [-0.3, -0.25) is 4.79 Å². The summed E-state index contributed by atoms with van der Waals surface area (Å²) < 4.78 is 0. The predicted octanol–water partition coefficient (Wildman–Crippen LogP) is 3.89. The van der Waals surface area contributed by atoms with E-state index in [4.69, 9.17) is 0 Å². The second-order valence-electron chi connectivity index (χ2n) is 2.86. The Morgan fingerprint density at radius 2 is 1.56 bits per heavy atom. The number of pyridine rings is 1. The van der Waals surface area contributed by atoms with Crippen molar-refractivity contribution >= 4 is 10.9 Å². The van der Waals surface area contributed by atoms with Gasteiger partial charge in [0.25, 0.3) is 0 Å². The zero-order valence-corrected chi connectivity index (χ0v) is 10.8. The van der Waals surface area contributed by atoms with Gasteiger partial charge >= 0.3 is 0 Å². The van der Waals surface area contributed by atoms with E-state index in [2.05, 4.69) is 4.98 Å². The summed E-state index contributed by atoms with van der Waals surface area (Å²) in [4.78, 5) is 14.5. The van der Waals surface area contributed by atoms with E-state index in [1.165, 1.54) is 0 Å². The monoisotopic (exact) mass is 219 g/mol. The Labute approximate surface area is 97.3 Å². The minimum Gasteiger partial charge on any atom is -0.358 e. The molecule has 0 bridgehead atoms. The average molecular weight is 219 g/mol. The number of para-hydroxylation sites is 1. The Bertz CT molecular complexity index is 471. The van der Waals surface area contributed by atoms with E-state index in [9.17, 15) is 4.79 Å². The van der Waals surface area contributed by atoms with E-state index >= 15 is 0 Å². The quantitative estimate of drug-likeness (QED) is 0.716. The zero-order valence-electron chi connectivity index (χ0n) is 10.8. The lowest BCUT2D eigenvalue weighted by Gasteiger charge is -1.97. The summed E-state index contributed by atoms with van der Waals surface area (Å²) in [5.41, 5.74) is 1.89. The summed E-state index contributed by atoms with van der Waals surface area (Å²) >= 11 is 0. The summed E-state index contributed by atoms with van der Waals surface area (Å²) in [6.07, 6.45) is 0. The number of benzene rings is 1. The molecule has 0 aliphatic heterocycles. The Morgan fingerprint density at radius 1 is 1.00 bits per heavy atom. The van der Waals surface area contributed by atoms with Gasteiger partial charge in [0.2, 0.25) is 0 Å². The zero-order chi connectivity index (χ0) is 12.6. The van der Waals surface area contributed by atoms with Crippen LogP contribution in [0.5, 0.6) is 0 Å². The lowest BCUT2D eigenvalue weighted by atomic mass is 10.2. The molecule has 0 atom stereocenters. The van der Waals surface area contributed by atoms with Crippen molar-refractivity contribution in [1.82, 2.24) is 4.98 Å². The van der Waals surface area contributed by atoms with Crippen LogP contribution in [0.1, 0.15) is 33.4 Å². The Hall–Kier alpha value is -1.57. The third-order valence-electron chi connectivity index (χ3n) is 1.87. The minimum atomic E-state index is 0.0850. The summed E-state index contributed by atoms with van der Waals surface area (Å²) in [5, 5.41) is 0.753. The standard InChI is InChI=1S/C10H9NO.2C2H6/c1-7-6-10(12)8-4-2-3-5-9(8)11-7;2*1-2/h2-6H,1H3,(H,11,12);2*1-2H3. The van der Waals surface area contributed by atoms with E-state index in [0.717, 1.165) is 16.6 Å². The van der Waals surface area contributed by atoms with E-state index in [0.29, 0.717) is 0 Å². The fourth-order valence-corrected chi connectivity index (χ4v) is 1.33. The number of nitrogens with one attached hydrogen (secondary N) is 1. The predicted molar refractivity (Wildman–Crippen MR) is 72.0 cm³/mol. The molecule has 2 heteroatoms. The van der Waals surface area contributed by atoms with Crippen molar-refractivity contribution in [2.45, 2.75) is 34.6 Å². The SMILES string of the molecule is CC.CC.Cc1cc(=O)c2ccccc2[nH]1. The third-order valence-corrected chi connectivity index (χ3v) is 1.87. The molecule has 0 unspecified atom stereocenters. The summed E-state index contributed by atoms with van der Waals surface area (Å²) in [6.45, 7) is 9.88. The van der Waals surface area contributed by atoms with Gasteiger partial charge in [0.15, 0.2) is 5.43 Å². The molecule has 1 aromatic heterocycles. The molecule has 0 amide bonds. The molecule has 2 rings (SSSR count). The highest BCUT2D eigenvalue weighted by molar-refractivity contribution is 5.78. The van der Waals surface area contributed by atoms with E-state index in [1.807, 2.05) is 58.9 Å². The Balaban J connectivity index is 0.000000509. The molecule has 0 radical (unpaired) electrons. The number of rotatable bonds is 0. The first-order valence-corrected chi connectivity index (χ1v) is 5.86. The van der Waals surface area contributed by atoms with Crippen LogP contribution in [0.2, 0.25) is 0 Å². The highest BCUT2D eigenvalue weighted by Crippen LogP contribution is 2.05. The first-order chi connectivity index (χ1) is 7.77. The molecule has 0 spiro atoms. The second kappa shape index (κ2) is 7.69. The maximum Gasteiger partial charge on any atom is 0.189 e. The number of aromatic nitrogens is 1. The Kier molecular flexibility index (Phi) is 6.93. The van der Waals surface area contributed by atoms with Gasteiger partial charge in [0.05, 0.1) is 0 Å². The van der Waals surface area contributed by atoms with Crippen LogP contribution in [-0.4, -0.2) is 4.98 Å². The van der Waals surface area contributed by atoms with Crippen molar-refractivity contribution in [3.8, 4) is 0 Å². The summed E-state index contributed by atoms with van der Waals surface area (Å²) in [6, 6.07) is 9.13. The van der Waals surface area contributed by atoms with Crippen LogP contribution < -0.4 is 5.43 Å². The molecule has 1 N–H and O–H groups in total. The van der Waals surface area contributed by atoms with Gasteiger partial charge in [0.1, 0.15) is 0 Å². The lowest BCUT2D eigenvalue weighted by Crippen LogP contribution is -2.01. The van der Waals surface area contributed by atoms with Gasteiger partial charge in [-0.1, -0.05) is 39.8 Å². The van der Waals surface area contributed by atoms with Gasteiger partial charge in [0, 0.05) is 22.7 Å². The van der Waals surface area contributed by atoms with Crippen molar-refractivity contribution in [3.05, 3.63) is 46.2 Å².